The van der Waals surface area contributed by atoms with E-state index in [1.165, 1.54) is 0 Å². The SMILES string of the molecule is O=C1COc2cccc(c2OCc2ccccc2)OCC(=O)NCCOCCOCCOCCN1. The Labute approximate surface area is 204 Å². The Morgan fingerprint density at radius 1 is 0.657 bits per heavy atom. The first-order valence-electron chi connectivity index (χ1n) is 11.5. The number of carbonyl (C=O) groups excluding carboxylic acids is 2. The fraction of sp³-hybridized carbons (Fsp3) is 0.440. The summed E-state index contributed by atoms with van der Waals surface area (Å²) < 4.78 is 33.7. The summed E-state index contributed by atoms with van der Waals surface area (Å²) in [7, 11) is 0. The lowest BCUT2D eigenvalue weighted by Gasteiger charge is -2.17. The quantitative estimate of drug-likeness (QED) is 0.665. The number of rotatable bonds is 3. The predicted molar refractivity (Wildman–Crippen MR) is 127 cm³/mol. The molecule has 10 heteroatoms. The van der Waals surface area contributed by atoms with Crippen LogP contribution in [-0.4, -0.2) is 77.8 Å². The zero-order chi connectivity index (χ0) is 24.6. The number of nitrogens with one attached hydrogen (secondary N) is 2. The molecule has 2 aromatic carbocycles. The minimum Gasteiger partial charge on any atom is -0.482 e. The number of fused-ring (bicyclic) bond motifs is 2. The topological polar surface area (TPSA) is 114 Å². The van der Waals surface area contributed by atoms with Crippen LogP contribution in [0.3, 0.4) is 0 Å². The number of para-hydroxylation sites is 1. The minimum absolute atomic E-state index is 0.214. The van der Waals surface area contributed by atoms with Crippen molar-refractivity contribution < 1.29 is 38.0 Å². The van der Waals surface area contributed by atoms with Gasteiger partial charge in [0.2, 0.25) is 5.75 Å². The molecule has 0 fully saturated rings. The maximum atomic E-state index is 12.2. The molecule has 190 valence electrons. The van der Waals surface area contributed by atoms with Gasteiger partial charge >= 0.3 is 0 Å². The number of benzene rings is 2. The number of hydrogen-bond donors (Lipinski definition) is 2. The molecule has 2 bridgehead atoms. The van der Waals surface area contributed by atoms with Crippen molar-refractivity contribution in [2.75, 3.05) is 65.9 Å². The molecule has 0 aromatic heterocycles. The van der Waals surface area contributed by atoms with Crippen molar-refractivity contribution in [3.05, 3.63) is 54.1 Å². The number of carbonyl (C=O) groups is 2. The van der Waals surface area contributed by atoms with Crippen LogP contribution in [0.1, 0.15) is 5.56 Å². The Bertz CT molecular complexity index is 861. The van der Waals surface area contributed by atoms with Gasteiger partial charge in [-0.2, -0.15) is 0 Å². The molecular weight excluding hydrogens is 456 g/mol. The van der Waals surface area contributed by atoms with Crippen LogP contribution in [0.5, 0.6) is 17.2 Å². The van der Waals surface area contributed by atoms with E-state index in [0.717, 1.165) is 5.56 Å². The highest BCUT2D eigenvalue weighted by atomic mass is 16.6. The van der Waals surface area contributed by atoms with Gasteiger partial charge in [0.15, 0.2) is 24.7 Å². The smallest absolute Gasteiger partial charge is 0.258 e. The maximum absolute atomic E-state index is 12.2. The Hall–Kier alpha value is -3.34. The number of ether oxygens (including phenoxy) is 6. The van der Waals surface area contributed by atoms with Crippen LogP contribution >= 0.6 is 0 Å². The van der Waals surface area contributed by atoms with E-state index in [4.69, 9.17) is 28.4 Å². The Kier molecular flexibility index (Phi) is 11.7. The first kappa shape index (κ1) is 26.3. The highest BCUT2D eigenvalue weighted by Gasteiger charge is 2.16. The van der Waals surface area contributed by atoms with E-state index in [1.54, 1.807) is 18.2 Å². The first-order chi connectivity index (χ1) is 17.2. The molecule has 0 spiro atoms. The van der Waals surface area contributed by atoms with Gasteiger partial charge in [-0.1, -0.05) is 36.4 Å². The predicted octanol–water partition coefficient (Wildman–Crippen LogP) is 1.32. The van der Waals surface area contributed by atoms with Gasteiger partial charge in [-0.05, 0) is 17.7 Å². The minimum atomic E-state index is -0.302. The number of hydrogen-bond acceptors (Lipinski definition) is 8. The van der Waals surface area contributed by atoms with Crippen molar-refractivity contribution in [3.63, 3.8) is 0 Å². The van der Waals surface area contributed by atoms with E-state index in [0.29, 0.717) is 70.0 Å². The Balaban J connectivity index is 1.66. The average molecular weight is 489 g/mol. The van der Waals surface area contributed by atoms with Gasteiger partial charge in [0.25, 0.3) is 11.8 Å². The van der Waals surface area contributed by atoms with Crippen LogP contribution in [0.15, 0.2) is 48.5 Å². The van der Waals surface area contributed by atoms with E-state index in [2.05, 4.69) is 10.6 Å². The van der Waals surface area contributed by atoms with Gasteiger partial charge in [-0.3, -0.25) is 9.59 Å². The number of amides is 2. The highest BCUT2D eigenvalue weighted by molar-refractivity contribution is 5.78. The molecule has 0 unspecified atom stereocenters. The van der Waals surface area contributed by atoms with E-state index >= 15 is 0 Å². The molecule has 0 aliphatic carbocycles. The van der Waals surface area contributed by atoms with Crippen molar-refractivity contribution in [1.29, 1.82) is 0 Å². The summed E-state index contributed by atoms with van der Waals surface area (Å²) in [5, 5.41) is 5.47. The summed E-state index contributed by atoms with van der Waals surface area (Å²) >= 11 is 0. The Morgan fingerprint density at radius 2 is 1.17 bits per heavy atom. The van der Waals surface area contributed by atoms with Crippen LogP contribution < -0.4 is 24.8 Å². The monoisotopic (exact) mass is 488 g/mol. The zero-order valence-electron chi connectivity index (χ0n) is 19.7. The lowest BCUT2D eigenvalue weighted by Crippen LogP contribution is -2.32. The summed E-state index contributed by atoms with van der Waals surface area (Å²) in [6, 6.07) is 14.7. The molecule has 10 nitrogen and oxygen atoms in total. The molecule has 0 atom stereocenters. The average Bonchev–Trinajstić information content (AvgIpc) is 2.88. The van der Waals surface area contributed by atoms with Crippen LogP contribution in [0, 0.1) is 0 Å². The third-order valence-corrected chi connectivity index (χ3v) is 4.77. The van der Waals surface area contributed by atoms with Gasteiger partial charge in [0.05, 0.1) is 39.6 Å². The van der Waals surface area contributed by atoms with Crippen molar-refractivity contribution in [2.45, 2.75) is 6.61 Å². The molecule has 0 saturated heterocycles. The van der Waals surface area contributed by atoms with Crippen LogP contribution in [-0.2, 0) is 30.4 Å². The Morgan fingerprint density at radius 3 is 1.71 bits per heavy atom. The third-order valence-electron chi connectivity index (χ3n) is 4.77. The van der Waals surface area contributed by atoms with Gasteiger partial charge in [0.1, 0.15) is 6.61 Å². The second kappa shape index (κ2) is 15.5. The summed E-state index contributed by atoms with van der Waals surface area (Å²) in [6.07, 6.45) is 0. The van der Waals surface area contributed by atoms with Crippen molar-refractivity contribution in [2.24, 2.45) is 0 Å². The van der Waals surface area contributed by atoms with Gasteiger partial charge in [-0.25, -0.2) is 0 Å². The molecular formula is C25H32N2O8. The maximum Gasteiger partial charge on any atom is 0.258 e. The second-order valence-corrected chi connectivity index (χ2v) is 7.47. The molecule has 3 rings (SSSR count). The zero-order valence-corrected chi connectivity index (χ0v) is 19.7. The standard InChI is InChI=1S/C25H32N2O8/c28-23-18-33-21-7-4-8-22(25(21)35-17-20-5-2-1-3-6-20)34-19-24(29)27-10-12-31-14-16-32-15-13-30-11-9-26-23/h1-8H,9-19H2,(H,26,28)(H,27,29). The van der Waals surface area contributed by atoms with E-state index in [9.17, 15) is 9.59 Å². The van der Waals surface area contributed by atoms with E-state index < -0.39 is 0 Å². The van der Waals surface area contributed by atoms with Gasteiger partial charge < -0.3 is 39.1 Å². The van der Waals surface area contributed by atoms with Gasteiger partial charge in [0, 0.05) is 13.1 Å². The van der Waals surface area contributed by atoms with Gasteiger partial charge in [-0.15, -0.1) is 0 Å². The van der Waals surface area contributed by atoms with Crippen LogP contribution in [0.2, 0.25) is 0 Å². The molecule has 0 saturated carbocycles. The second-order valence-electron chi connectivity index (χ2n) is 7.47. The molecule has 1 heterocycles. The molecule has 0 radical (unpaired) electrons. The summed E-state index contributed by atoms with van der Waals surface area (Å²) in [4.78, 5) is 24.4. The first-order valence-corrected chi connectivity index (χ1v) is 11.5. The van der Waals surface area contributed by atoms with Crippen LogP contribution in [0.4, 0.5) is 0 Å². The summed E-state index contributed by atoms with van der Waals surface area (Å²) in [6.45, 7) is 2.93. The summed E-state index contributed by atoms with van der Waals surface area (Å²) in [5.41, 5.74) is 0.947. The van der Waals surface area contributed by atoms with Crippen LogP contribution in [0.25, 0.3) is 0 Å². The van der Waals surface area contributed by atoms with Crippen molar-refractivity contribution in [1.82, 2.24) is 10.6 Å². The summed E-state index contributed by atoms with van der Waals surface area (Å²) in [5.74, 6) is 0.370. The van der Waals surface area contributed by atoms with E-state index in [1.807, 2.05) is 30.3 Å². The fourth-order valence-corrected chi connectivity index (χ4v) is 3.05. The molecule has 35 heavy (non-hydrogen) atoms. The van der Waals surface area contributed by atoms with Crippen molar-refractivity contribution in [3.8, 4) is 17.2 Å². The highest BCUT2D eigenvalue weighted by Crippen LogP contribution is 2.37. The lowest BCUT2D eigenvalue weighted by atomic mass is 10.2. The van der Waals surface area contributed by atoms with E-state index in [-0.39, 0.29) is 31.6 Å². The molecule has 1 aliphatic rings. The third kappa shape index (κ3) is 10.2. The fourth-order valence-electron chi connectivity index (χ4n) is 3.05. The lowest BCUT2D eigenvalue weighted by molar-refractivity contribution is -0.123. The largest absolute Gasteiger partial charge is 0.482 e. The van der Waals surface area contributed by atoms with Crippen molar-refractivity contribution >= 4 is 11.8 Å². The molecule has 2 amide bonds. The molecule has 2 N–H and O–H groups in total. The molecule has 1 aliphatic heterocycles. The normalized spacial score (nSPS) is 17.4. The molecule has 2 aromatic rings.